The highest BCUT2D eigenvalue weighted by Crippen LogP contribution is 2.28. The number of piperidine rings is 1. The van der Waals surface area contributed by atoms with E-state index in [1.807, 2.05) is 54.3 Å². The molecule has 186 valence electrons. The lowest BCUT2D eigenvalue weighted by molar-refractivity contribution is 0.0953. The number of likely N-dealkylation sites (tertiary alicyclic amines) is 1. The average Bonchev–Trinajstić information content (AvgIpc) is 2.90. The third-order valence-corrected chi connectivity index (χ3v) is 6.86. The van der Waals surface area contributed by atoms with Gasteiger partial charge in [-0.25, -0.2) is 4.79 Å². The van der Waals surface area contributed by atoms with Crippen LogP contribution in [0.2, 0.25) is 0 Å². The predicted molar refractivity (Wildman–Crippen MR) is 140 cm³/mol. The van der Waals surface area contributed by atoms with Gasteiger partial charge in [0.25, 0.3) is 5.91 Å². The number of rotatable bonds is 8. The van der Waals surface area contributed by atoms with Gasteiger partial charge < -0.3 is 20.3 Å². The van der Waals surface area contributed by atoms with Gasteiger partial charge in [-0.1, -0.05) is 23.8 Å². The van der Waals surface area contributed by atoms with Gasteiger partial charge in [-0.2, -0.15) is 0 Å². The average molecular weight is 476 g/mol. The molecule has 0 aromatic heterocycles. The van der Waals surface area contributed by atoms with Crippen LogP contribution in [-0.2, 0) is 0 Å². The Hall–Kier alpha value is -3.28. The molecule has 1 aliphatic carbocycles. The molecule has 2 aromatic carbocycles. The molecule has 1 aliphatic heterocycles. The monoisotopic (exact) mass is 475 g/mol. The van der Waals surface area contributed by atoms with Gasteiger partial charge in [0.05, 0.1) is 6.61 Å². The van der Waals surface area contributed by atoms with E-state index in [2.05, 4.69) is 22.8 Å². The van der Waals surface area contributed by atoms with E-state index in [1.54, 1.807) is 0 Å². The van der Waals surface area contributed by atoms with Crippen molar-refractivity contribution >= 4 is 17.6 Å². The smallest absolute Gasteiger partial charge is 0.321 e. The first-order valence-corrected chi connectivity index (χ1v) is 13.0. The fraction of sp³-hybridized carbons (Fsp3) is 0.448. The van der Waals surface area contributed by atoms with E-state index < -0.39 is 0 Å². The Kier molecular flexibility index (Phi) is 8.82. The maximum atomic E-state index is 12.9. The van der Waals surface area contributed by atoms with Crippen LogP contribution in [0.1, 0.15) is 73.7 Å². The highest BCUT2D eigenvalue weighted by atomic mass is 16.5. The fourth-order valence-corrected chi connectivity index (χ4v) is 4.94. The van der Waals surface area contributed by atoms with E-state index in [0.717, 1.165) is 49.2 Å². The van der Waals surface area contributed by atoms with Crippen LogP contribution < -0.4 is 15.4 Å². The first kappa shape index (κ1) is 24.8. The molecule has 1 atom stereocenters. The third-order valence-electron chi connectivity index (χ3n) is 6.86. The maximum Gasteiger partial charge on any atom is 0.321 e. The van der Waals surface area contributed by atoms with Crippen LogP contribution in [0.5, 0.6) is 5.75 Å². The molecule has 1 fully saturated rings. The molecule has 4 rings (SSSR count). The van der Waals surface area contributed by atoms with Crippen molar-refractivity contribution < 1.29 is 14.3 Å². The normalized spacial score (nSPS) is 17.9. The summed E-state index contributed by atoms with van der Waals surface area (Å²) in [5.41, 5.74) is 4.03. The molecule has 0 bridgehead atoms. The minimum Gasteiger partial charge on any atom is -0.494 e. The summed E-state index contributed by atoms with van der Waals surface area (Å²) in [5.74, 6) is 0.984. The Morgan fingerprint density at radius 1 is 1.09 bits per heavy atom. The number of carbonyl (C=O) groups is 2. The van der Waals surface area contributed by atoms with Gasteiger partial charge in [-0.15, -0.1) is 0 Å². The number of nitrogens with zero attached hydrogens (tertiary/aromatic N) is 1. The topological polar surface area (TPSA) is 70.7 Å². The molecule has 2 aliphatic rings. The molecule has 2 aromatic rings. The number of benzene rings is 2. The van der Waals surface area contributed by atoms with E-state index in [-0.39, 0.29) is 17.9 Å². The van der Waals surface area contributed by atoms with E-state index in [1.165, 1.54) is 24.8 Å². The van der Waals surface area contributed by atoms with Gasteiger partial charge in [0, 0.05) is 36.8 Å². The molecule has 6 nitrogen and oxygen atoms in total. The number of allylic oxidation sites excluding steroid dienone is 1. The molecule has 0 spiro atoms. The highest BCUT2D eigenvalue weighted by molar-refractivity contribution is 5.94. The summed E-state index contributed by atoms with van der Waals surface area (Å²) >= 11 is 0. The van der Waals surface area contributed by atoms with Crippen LogP contribution in [-0.4, -0.2) is 43.1 Å². The molecule has 35 heavy (non-hydrogen) atoms. The van der Waals surface area contributed by atoms with Crippen molar-refractivity contribution in [3.05, 3.63) is 71.3 Å². The molecule has 0 saturated carbocycles. The standard InChI is InChI=1S/C29H37N3O3/c1-2-35-27-15-13-26(14-16-27)31-29(34)32-19-7-12-25(21-32)23-10-6-11-24(20-23)28(33)30-18-17-22-8-4-3-5-9-22/h6,8,10-11,13-16,20,25H,2-5,7,9,12,17-19,21H2,1H3,(H,30,33)(H,31,34). The number of urea groups is 1. The van der Waals surface area contributed by atoms with Crippen LogP contribution in [0, 0.1) is 0 Å². The Bertz CT molecular complexity index is 1030. The summed E-state index contributed by atoms with van der Waals surface area (Å²) in [4.78, 5) is 27.5. The maximum absolute atomic E-state index is 12.9. The number of hydrogen-bond donors (Lipinski definition) is 2. The van der Waals surface area contributed by atoms with Crippen molar-refractivity contribution in [2.24, 2.45) is 0 Å². The van der Waals surface area contributed by atoms with E-state index in [9.17, 15) is 9.59 Å². The van der Waals surface area contributed by atoms with Gasteiger partial charge in [0.15, 0.2) is 0 Å². The summed E-state index contributed by atoms with van der Waals surface area (Å²) < 4.78 is 5.47. The zero-order chi connectivity index (χ0) is 24.5. The quantitative estimate of drug-likeness (QED) is 0.452. The van der Waals surface area contributed by atoms with Crippen molar-refractivity contribution in [2.75, 3.05) is 31.6 Å². The summed E-state index contributed by atoms with van der Waals surface area (Å²) in [6.07, 6.45) is 10.1. The van der Waals surface area contributed by atoms with Gasteiger partial charge in [0.1, 0.15) is 5.75 Å². The molecule has 3 amide bonds. The molecule has 6 heteroatoms. The number of ether oxygens (including phenoxy) is 1. The van der Waals surface area contributed by atoms with Crippen LogP contribution in [0.4, 0.5) is 10.5 Å². The van der Waals surface area contributed by atoms with Crippen LogP contribution in [0.15, 0.2) is 60.2 Å². The van der Waals surface area contributed by atoms with Crippen LogP contribution >= 0.6 is 0 Å². The van der Waals surface area contributed by atoms with Crippen LogP contribution in [0.25, 0.3) is 0 Å². The molecule has 1 saturated heterocycles. The summed E-state index contributed by atoms with van der Waals surface area (Å²) in [5, 5.41) is 6.07. The minimum absolute atomic E-state index is 0.0239. The number of anilines is 1. The van der Waals surface area contributed by atoms with E-state index in [4.69, 9.17) is 4.74 Å². The predicted octanol–water partition coefficient (Wildman–Crippen LogP) is 6.12. The van der Waals surface area contributed by atoms with Crippen molar-refractivity contribution in [1.29, 1.82) is 0 Å². The van der Waals surface area contributed by atoms with E-state index >= 15 is 0 Å². The zero-order valence-corrected chi connectivity index (χ0v) is 20.7. The van der Waals surface area contributed by atoms with Gasteiger partial charge in [-0.3, -0.25) is 4.79 Å². The fourth-order valence-electron chi connectivity index (χ4n) is 4.94. The SMILES string of the molecule is CCOc1ccc(NC(=O)N2CCCC(c3cccc(C(=O)NCCC4=CCCCC4)c3)C2)cc1. The number of hydrogen-bond acceptors (Lipinski definition) is 3. The number of amides is 3. The van der Waals surface area contributed by atoms with Crippen molar-refractivity contribution in [3.63, 3.8) is 0 Å². The van der Waals surface area contributed by atoms with Gasteiger partial charge >= 0.3 is 6.03 Å². The summed E-state index contributed by atoms with van der Waals surface area (Å²) in [7, 11) is 0. The lowest BCUT2D eigenvalue weighted by Crippen LogP contribution is -2.41. The van der Waals surface area contributed by atoms with Crippen LogP contribution in [0.3, 0.4) is 0 Å². The number of nitrogens with one attached hydrogen (secondary N) is 2. The molecule has 1 heterocycles. The zero-order valence-electron chi connectivity index (χ0n) is 20.7. The molecular formula is C29H37N3O3. The van der Waals surface area contributed by atoms with E-state index in [0.29, 0.717) is 25.3 Å². The Labute approximate surface area is 208 Å². The molecule has 2 N–H and O–H groups in total. The lowest BCUT2D eigenvalue weighted by atomic mass is 9.89. The van der Waals surface area contributed by atoms with Crippen molar-refractivity contribution in [2.45, 2.75) is 57.8 Å². The second-order valence-electron chi connectivity index (χ2n) is 9.41. The Morgan fingerprint density at radius 2 is 1.94 bits per heavy atom. The van der Waals surface area contributed by atoms with Gasteiger partial charge in [-0.05, 0) is 93.8 Å². The first-order valence-electron chi connectivity index (χ1n) is 13.0. The molecule has 1 unspecified atom stereocenters. The summed E-state index contributed by atoms with van der Waals surface area (Å²) in [6, 6.07) is 15.2. The van der Waals surface area contributed by atoms with Crippen molar-refractivity contribution in [3.8, 4) is 5.75 Å². The molecule has 0 radical (unpaired) electrons. The van der Waals surface area contributed by atoms with Crippen molar-refractivity contribution in [1.82, 2.24) is 10.2 Å². The highest BCUT2D eigenvalue weighted by Gasteiger charge is 2.25. The lowest BCUT2D eigenvalue weighted by Gasteiger charge is -2.33. The second-order valence-corrected chi connectivity index (χ2v) is 9.41. The first-order chi connectivity index (χ1) is 17.1. The second kappa shape index (κ2) is 12.4. The minimum atomic E-state index is -0.0928. The summed E-state index contributed by atoms with van der Waals surface area (Å²) in [6.45, 7) is 4.61. The Morgan fingerprint density at radius 3 is 2.71 bits per heavy atom. The van der Waals surface area contributed by atoms with Gasteiger partial charge in [0.2, 0.25) is 0 Å². The third kappa shape index (κ3) is 7.10. The Balaban J connectivity index is 1.31. The number of carbonyl (C=O) groups excluding carboxylic acids is 2. The largest absolute Gasteiger partial charge is 0.494 e. The molecular weight excluding hydrogens is 438 g/mol.